The van der Waals surface area contributed by atoms with Crippen LogP contribution in [-0.2, 0) is 10.2 Å². The minimum absolute atomic E-state index is 0.0892. The molecular formula is C16H14ClNOS. The Bertz CT molecular complexity index is 722. The van der Waals surface area contributed by atoms with Gasteiger partial charge in [0.15, 0.2) is 0 Å². The number of rotatable bonds is 1. The molecule has 0 saturated heterocycles. The first kappa shape index (κ1) is 12.4. The Kier molecular flexibility index (Phi) is 2.27. The topological polar surface area (TPSA) is 29.1 Å². The second kappa shape index (κ2) is 3.66. The van der Waals surface area contributed by atoms with Crippen molar-refractivity contribution in [2.75, 3.05) is 5.32 Å². The molecule has 2 nitrogen and oxygen atoms in total. The Labute approximate surface area is 126 Å². The highest BCUT2D eigenvalue weighted by Crippen LogP contribution is 2.77. The second-order valence-electron chi connectivity index (χ2n) is 6.16. The molecule has 4 heteroatoms. The van der Waals surface area contributed by atoms with Crippen LogP contribution in [0.15, 0.2) is 35.0 Å². The van der Waals surface area contributed by atoms with E-state index in [0.717, 1.165) is 11.3 Å². The molecule has 1 amide bonds. The zero-order valence-electron chi connectivity index (χ0n) is 11.2. The minimum Gasteiger partial charge on any atom is -0.325 e. The van der Waals surface area contributed by atoms with Crippen molar-refractivity contribution in [1.82, 2.24) is 0 Å². The van der Waals surface area contributed by atoms with E-state index in [1.54, 1.807) is 11.3 Å². The molecule has 1 aromatic heterocycles. The highest BCUT2D eigenvalue weighted by atomic mass is 35.5. The first-order valence-electron chi connectivity index (χ1n) is 6.63. The fourth-order valence-corrected chi connectivity index (χ4v) is 4.95. The highest BCUT2D eigenvalue weighted by Gasteiger charge is 2.78. The molecule has 102 valence electrons. The molecule has 1 aliphatic carbocycles. The number of nitrogens with one attached hydrogen (secondary N) is 1. The van der Waals surface area contributed by atoms with Crippen molar-refractivity contribution in [2.24, 2.45) is 5.41 Å². The molecule has 2 aliphatic rings. The van der Waals surface area contributed by atoms with Gasteiger partial charge in [0.25, 0.3) is 0 Å². The molecule has 1 saturated carbocycles. The number of carbonyl (C=O) groups is 1. The lowest BCUT2D eigenvalue weighted by Gasteiger charge is -2.11. The van der Waals surface area contributed by atoms with Crippen LogP contribution in [0.3, 0.4) is 0 Å². The van der Waals surface area contributed by atoms with Crippen LogP contribution in [0.1, 0.15) is 30.9 Å². The van der Waals surface area contributed by atoms with E-state index in [4.69, 9.17) is 11.6 Å². The summed E-state index contributed by atoms with van der Waals surface area (Å²) in [6.45, 7) is 4.34. The standard InChI is InChI=1S/C16H14ClNOS/c1-15(2)13(9-5-6-20-8-9)16(15)11-7-10(17)3-4-12(11)18-14(16)19/h3-8,13H,1-2H3,(H,18,19). The summed E-state index contributed by atoms with van der Waals surface area (Å²) in [5.41, 5.74) is 2.66. The van der Waals surface area contributed by atoms with E-state index >= 15 is 0 Å². The lowest BCUT2D eigenvalue weighted by Crippen LogP contribution is -2.25. The number of amides is 1. The first-order valence-corrected chi connectivity index (χ1v) is 7.95. The number of hydrogen-bond donors (Lipinski definition) is 1. The largest absolute Gasteiger partial charge is 0.325 e. The van der Waals surface area contributed by atoms with Gasteiger partial charge < -0.3 is 5.32 Å². The molecule has 0 bridgehead atoms. The molecule has 2 heterocycles. The molecule has 1 fully saturated rings. The maximum absolute atomic E-state index is 12.7. The van der Waals surface area contributed by atoms with Crippen LogP contribution >= 0.6 is 22.9 Å². The number of anilines is 1. The van der Waals surface area contributed by atoms with Crippen LogP contribution in [0.2, 0.25) is 5.02 Å². The number of carbonyl (C=O) groups excluding carboxylic acids is 1. The lowest BCUT2D eigenvalue weighted by atomic mass is 9.88. The van der Waals surface area contributed by atoms with E-state index in [2.05, 4.69) is 36.0 Å². The van der Waals surface area contributed by atoms with Crippen molar-refractivity contribution in [2.45, 2.75) is 25.2 Å². The number of halogens is 1. The SMILES string of the molecule is CC1(C)C(c2ccsc2)C12C(=O)Nc1ccc(Cl)cc12. The molecule has 4 rings (SSSR count). The fourth-order valence-electron chi connectivity index (χ4n) is 4.09. The van der Waals surface area contributed by atoms with E-state index in [-0.39, 0.29) is 17.2 Å². The normalized spacial score (nSPS) is 29.4. The fraction of sp³-hybridized carbons (Fsp3) is 0.312. The van der Waals surface area contributed by atoms with Gasteiger partial charge in [-0.1, -0.05) is 25.4 Å². The lowest BCUT2D eigenvalue weighted by molar-refractivity contribution is -0.118. The molecule has 2 unspecified atom stereocenters. The third kappa shape index (κ3) is 1.23. The molecule has 1 aromatic carbocycles. The van der Waals surface area contributed by atoms with Gasteiger partial charge in [0, 0.05) is 16.6 Å². The van der Waals surface area contributed by atoms with Gasteiger partial charge in [-0.05, 0) is 51.6 Å². The van der Waals surface area contributed by atoms with Gasteiger partial charge in [-0.15, -0.1) is 0 Å². The zero-order valence-corrected chi connectivity index (χ0v) is 12.8. The molecule has 2 atom stereocenters. The summed E-state index contributed by atoms with van der Waals surface area (Å²) in [6, 6.07) is 7.81. The van der Waals surface area contributed by atoms with Gasteiger partial charge in [-0.3, -0.25) is 4.79 Å². The maximum atomic E-state index is 12.7. The Hall–Kier alpha value is -1.32. The molecule has 1 N–H and O–H groups in total. The van der Waals surface area contributed by atoms with Crippen LogP contribution in [0, 0.1) is 5.41 Å². The van der Waals surface area contributed by atoms with E-state index < -0.39 is 5.41 Å². The first-order chi connectivity index (χ1) is 9.49. The van der Waals surface area contributed by atoms with Crippen LogP contribution < -0.4 is 5.32 Å². The molecule has 2 aromatic rings. The Morgan fingerprint density at radius 1 is 1.30 bits per heavy atom. The van der Waals surface area contributed by atoms with E-state index in [0.29, 0.717) is 5.02 Å². The van der Waals surface area contributed by atoms with Crippen molar-refractivity contribution in [1.29, 1.82) is 0 Å². The monoisotopic (exact) mass is 303 g/mol. The second-order valence-corrected chi connectivity index (χ2v) is 7.38. The van der Waals surface area contributed by atoms with E-state index in [9.17, 15) is 4.79 Å². The number of thiophene rings is 1. The van der Waals surface area contributed by atoms with Gasteiger partial charge in [0.1, 0.15) is 0 Å². The molecule has 20 heavy (non-hydrogen) atoms. The van der Waals surface area contributed by atoms with Gasteiger partial charge in [0.2, 0.25) is 5.91 Å². The van der Waals surface area contributed by atoms with Crippen LogP contribution in [0.4, 0.5) is 5.69 Å². The molecule has 0 radical (unpaired) electrons. The van der Waals surface area contributed by atoms with Crippen molar-refractivity contribution < 1.29 is 4.79 Å². The highest BCUT2D eigenvalue weighted by molar-refractivity contribution is 7.08. The third-order valence-corrected chi connectivity index (χ3v) is 5.91. The van der Waals surface area contributed by atoms with E-state index in [1.165, 1.54) is 5.56 Å². The molecule has 1 spiro atoms. The summed E-state index contributed by atoms with van der Waals surface area (Å²) in [5, 5.41) is 7.94. The van der Waals surface area contributed by atoms with Crippen molar-refractivity contribution >= 4 is 34.5 Å². The van der Waals surface area contributed by atoms with Gasteiger partial charge >= 0.3 is 0 Å². The average Bonchev–Trinajstić information content (AvgIpc) is 2.79. The Morgan fingerprint density at radius 2 is 2.10 bits per heavy atom. The number of hydrogen-bond acceptors (Lipinski definition) is 2. The Balaban J connectivity index is 1.95. The Morgan fingerprint density at radius 3 is 2.80 bits per heavy atom. The summed E-state index contributed by atoms with van der Waals surface area (Å²) in [7, 11) is 0. The predicted octanol–water partition coefficient (Wildman–Crippen LogP) is 4.42. The zero-order chi connectivity index (χ0) is 14.1. The summed E-state index contributed by atoms with van der Waals surface area (Å²) in [5.74, 6) is 0.330. The molecular weight excluding hydrogens is 290 g/mol. The number of benzene rings is 1. The molecule has 1 aliphatic heterocycles. The summed E-state index contributed by atoms with van der Waals surface area (Å²) in [4.78, 5) is 12.7. The third-order valence-electron chi connectivity index (χ3n) is 4.98. The van der Waals surface area contributed by atoms with Crippen molar-refractivity contribution in [3.05, 3.63) is 51.2 Å². The van der Waals surface area contributed by atoms with Crippen LogP contribution in [0.25, 0.3) is 0 Å². The summed E-state index contributed by atoms with van der Waals surface area (Å²) >= 11 is 7.83. The maximum Gasteiger partial charge on any atom is 0.236 e. The van der Waals surface area contributed by atoms with E-state index in [1.807, 2.05) is 18.2 Å². The average molecular weight is 304 g/mol. The summed E-state index contributed by atoms with van der Waals surface area (Å²) in [6.07, 6.45) is 0. The summed E-state index contributed by atoms with van der Waals surface area (Å²) < 4.78 is 0. The van der Waals surface area contributed by atoms with Gasteiger partial charge in [0.05, 0.1) is 5.41 Å². The van der Waals surface area contributed by atoms with Crippen molar-refractivity contribution in [3.63, 3.8) is 0 Å². The number of fused-ring (bicyclic) bond motifs is 2. The van der Waals surface area contributed by atoms with Crippen LogP contribution in [0.5, 0.6) is 0 Å². The minimum atomic E-state index is -0.464. The van der Waals surface area contributed by atoms with Gasteiger partial charge in [-0.2, -0.15) is 11.3 Å². The van der Waals surface area contributed by atoms with Crippen molar-refractivity contribution in [3.8, 4) is 0 Å². The van der Waals surface area contributed by atoms with Gasteiger partial charge in [-0.25, -0.2) is 0 Å². The quantitative estimate of drug-likeness (QED) is 0.830. The smallest absolute Gasteiger partial charge is 0.236 e. The predicted molar refractivity (Wildman–Crippen MR) is 82.6 cm³/mol. The van der Waals surface area contributed by atoms with Crippen LogP contribution in [-0.4, -0.2) is 5.91 Å².